The molecule has 3 aromatic rings. The highest BCUT2D eigenvalue weighted by Crippen LogP contribution is 2.29. The highest BCUT2D eigenvalue weighted by molar-refractivity contribution is 5.80. The molecule has 0 fully saturated rings. The molecule has 0 saturated heterocycles. The van der Waals surface area contributed by atoms with Crippen molar-refractivity contribution >= 4 is 11.0 Å². The zero-order valence-electron chi connectivity index (χ0n) is 11.3. The van der Waals surface area contributed by atoms with Gasteiger partial charge in [0.1, 0.15) is 18.2 Å². The monoisotopic (exact) mass is 268 g/mol. The van der Waals surface area contributed by atoms with E-state index in [4.69, 9.17) is 9.47 Å². The van der Waals surface area contributed by atoms with Gasteiger partial charge in [0.25, 0.3) is 0 Å². The maximum Gasteiger partial charge on any atom is 0.142 e. The summed E-state index contributed by atoms with van der Waals surface area (Å²) in [6.45, 7) is 1.09. The van der Waals surface area contributed by atoms with Gasteiger partial charge in [-0.1, -0.05) is 24.3 Å². The summed E-state index contributed by atoms with van der Waals surface area (Å²) in [5.41, 5.74) is 2.93. The van der Waals surface area contributed by atoms with Gasteiger partial charge in [-0.15, -0.1) is 0 Å². The molecule has 0 aliphatic carbocycles. The molecule has 0 aliphatic heterocycles. The Balaban J connectivity index is 1.96. The van der Waals surface area contributed by atoms with Crippen LogP contribution in [0.5, 0.6) is 5.75 Å². The molecular weight excluding hydrogens is 252 g/mol. The van der Waals surface area contributed by atoms with Crippen molar-refractivity contribution in [1.29, 1.82) is 0 Å². The number of para-hydroxylation sites is 3. The summed E-state index contributed by atoms with van der Waals surface area (Å²) in [4.78, 5) is 7.93. The number of hydrogen-bond acceptors (Lipinski definition) is 3. The average molecular weight is 268 g/mol. The smallest absolute Gasteiger partial charge is 0.142 e. The fourth-order valence-corrected chi connectivity index (χ4v) is 2.10. The van der Waals surface area contributed by atoms with Crippen molar-refractivity contribution in [3.8, 4) is 17.1 Å². The number of aromatic amines is 1. The van der Waals surface area contributed by atoms with Crippen LogP contribution in [0.15, 0.2) is 48.5 Å². The Morgan fingerprint density at radius 3 is 2.65 bits per heavy atom. The first-order valence-corrected chi connectivity index (χ1v) is 6.54. The number of nitrogens with one attached hydrogen (secondary N) is 1. The van der Waals surface area contributed by atoms with Gasteiger partial charge in [-0.2, -0.15) is 0 Å². The SMILES string of the molecule is COCCOc1ccccc1-c1nc2ccccc2[nH]1. The Kier molecular flexibility index (Phi) is 3.65. The van der Waals surface area contributed by atoms with Crippen LogP contribution in [-0.2, 0) is 4.74 Å². The second-order valence-corrected chi connectivity index (χ2v) is 4.44. The van der Waals surface area contributed by atoms with Crippen LogP contribution in [-0.4, -0.2) is 30.3 Å². The van der Waals surface area contributed by atoms with E-state index in [9.17, 15) is 0 Å². The molecule has 3 rings (SSSR count). The number of nitrogens with zero attached hydrogens (tertiary/aromatic N) is 1. The van der Waals surface area contributed by atoms with Gasteiger partial charge in [-0.25, -0.2) is 4.98 Å². The van der Waals surface area contributed by atoms with Gasteiger partial charge in [0, 0.05) is 7.11 Å². The largest absolute Gasteiger partial charge is 0.490 e. The Hall–Kier alpha value is -2.33. The average Bonchev–Trinajstić information content (AvgIpc) is 2.92. The number of fused-ring (bicyclic) bond motifs is 1. The van der Waals surface area contributed by atoms with Crippen molar-refractivity contribution in [3.05, 3.63) is 48.5 Å². The molecule has 2 aromatic carbocycles. The molecule has 102 valence electrons. The maximum atomic E-state index is 5.74. The van der Waals surface area contributed by atoms with Crippen molar-refractivity contribution < 1.29 is 9.47 Å². The van der Waals surface area contributed by atoms with Crippen LogP contribution in [0.4, 0.5) is 0 Å². The predicted octanol–water partition coefficient (Wildman–Crippen LogP) is 3.26. The lowest BCUT2D eigenvalue weighted by Gasteiger charge is -2.09. The molecule has 4 heteroatoms. The Bertz CT molecular complexity index is 673. The second-order valence-electron chi connectivity index (χ2n) is 4.44. The minimum atomic E-state index is 0.522. The van der Waals surface area contributed by atoms with E-state index < -0.39 is 0 Å². The predicted molar refractivity (Wildman–Crippen MR) is 78.9 cm³/mol. The first kappa shape index (κ1) is 12.7. The normalized spacial score (nSPS) is 10.8. The first-order valence-electron chi connectivity index (χ1n) is 6.54. The quantitative estimate of drug-likeness (QED) is 0.722. The topological polar surface area (TPSA) is 47.1 Å². The molecule has 1 aromatic heterocycles. The Morgan fingerprint density at radius 2 is 1.80 bits per heavy atom. The third-order valence-electron chi connectivity index (χ3n) is 3.08. The summed E-state index contributed by atoms with van der Waals surface area (Å²) in [6.07, 6.45) is 0. The van der Waals surface area contributed by atoms with Crippen molar-refractivity contribution in [1.82, 2.24) is 9.97 Å². The van der Waals surface area contributed by atoms with Crippen LogP contribution in [0.2, 0.25) is 0 Å². The van der Waals surface area contributed by atoms with Gasteiger partial charge >= 0.3 is 0 Å². The van der Waals surface area contributed by atoms with Gasteiger partial charge in [-0.3, -0.25) is 0 Å². The number of H-pyrrole nitrogens is 1. The molecule has 0 aliphatic rings. The van der Waals surface area contributed by atoms with Gasteiger partial charge in [0.15, 0.2) is 0 Å². The van der Waals surface area contributed by atoms with Gasteiger partial charge in [0.2, 0.25) is 0 Å². The fraction of sp³-hybridized carbons (Fsp3) is 0.188. The summed E-state index contributed by atoms with van der Waals surface area (Å²) in [7, 11) is 1.66. The van der Waals surface area contributed by atoms with E-state index in [0.717, 1.165) is 28.2 Å². The third-order valence-corrected chi connectivity index (χ3v) is 3.08. The van der Waals surface area contributed by atoms with Gasteiger partial charge in [0.05, 0.1) is 23.2 Å². The van der Waals surface area contributed by atoms with E-state index in [1.54, 1.807) is 7.11 Å². The summed E-state index contributed by atoms with van der Waals surface area (Å²) in [6, 6.07) is 15.8. The number of hydrogen-bond donors (Lipinski definition) is 1. The number of methoxy groups -OCH3 is 1. The van der Waals surface area contributed by atoms with Crippen LogP contribution in [0.1, 0.15) is 0 Å². The summed E-state index contributed by atoms with van der Waals surface area (Å²) < 4.78 is 10.8. The number of rotatable bonds is 5. The van der Waals surface area contributed by atoms with E-state index in [1.165, 1.54) is 0 Å². The number of aromatic nitrogens is 2. The fourth-order valence-electron chi connectivity index (χ4n) is 2.10. The minimum Gasteiger partial charge on any atom is -0.490 e. The first-order chi connectivity index (χ1) is 9.88. The molecule has 0 bridgehead atoms. The van der Waals surface area contributed by atoms with Crippen LogP contribution < -0.4 is 4.74 Å². The third kappa shape index (κ3) is 2.51. The number of benzene rings is 2. The molecule has 0 radical (unpaired) electrons. The summed E-state index contributed by atoms with van der Waals surface area (Å²) in [5.74, 6) is 1.63. The lowest BCUT2D eigenvalue weighted by molar-refractivity contribution is 0.146. The molecule has 0 spiro atoms. The molecule has 1 heterocycles. The lowest BCUT2D eigenvalue weighted by atomic mass is 10.2. The lowest BCUT2D eigenvalue weighted by Crippen LogP contribution is -2.05. The van der Waals surface area contributed by atoms with E-state index >= 15 is 0 Å². The molecule has 0 amide bonds. The molecule has 0 saturated carbocycles. The van der Waals surface area contributed by atoms with E-state index in [0.29, 0.717) is 13.2 Å². The van der Waals surface area contributed by atoms with Crippen LogP contribution in [0.25, 0.3) is 22.4 Å². The molecular formula is C16H16N2O2. The van der Waals surface area contributed by atoms with Crippen LogP contribution in [0.3, 0.4) is 0 Å². The van der Waals surface area contributed by atoms with Crippen molar-refractivity contribution in [2.45, 2.75) is 0 Å². The molecule has 0 atom stereocenters. The zero-order valence-corrected chi connectivity index (χ0v) is 11.3. The number of imidazole rings is 1. The highest BCUT2D eigenvalue weighted by Gasteiger charge is 2.10. The van der Waals surface area contributed by atoms with Crippen molar-refractivity contribution in [2.24, 2.45) is 0 Å². The van der Waals surface area contributed by atoms with Crippen LogP contribution >= 0.6 is 0 Å². The summed E-state index contributed by atoms with van der Waals surface area (Å²) in [5, 5.41) is 0. The van der Waals surface area contributed by atoms with Gasteiger partial charge < -0.3 is 14.5 Å². The van der Waals surface area contributed by atoms with Crippen LogP contribution in [0, 0.1) is 0 Å². The maximum absolute atomic E-state index is 5.74. The minimum absolute atomic E-state index is 0.522. The molecule has 0 unspecified atom stereocenters. The van der Waals surface area contributed by atoms with E-state index in [-0.39, 0.29) is 0 Å². The van der Waals surface area contributed by atoms with Crippen molar-refractivity contribution in [2.75, 3.05) is 20.3 Å². The summed E-state index contributed by atoms with van der Waals surface area (Å²) >= 11 is 0. The Morgan fingerprint density at radius 1 is 1.00 bits per heavy atom. The standard InChI is InChI=1S/C16H16N2O2/c1-19-10-11-20-15-9-5-2-6-12(15)16-17-13-7-3-4-8-14(13)18-16/h2-9H,10-11H2,1H3,(H,17,18). The molecule has 4 nitrogen and oxygen atoms in total. The second kappa shape index (κ2) is 5.75. The van der Waals surface area contributed by atoms with Gasteiger partial charge in [-0.05, 0) is 24.3 Å². The highest BCUT2D eigenvalue weighted by atomic mass is 16.5. The van der Waals surface area contributed by atoms with Crippen molar-refractivity contribution in [3.63, 3.8) is 0 Å². The molecule has 1 N–H and O–H groups in total. The Labute approximate surface area is 117 Å². The zero-order chi connectivity index (χ0) is 13.8. The number of ether oxygens (including phenoxy) is 2. The van der Waals surface area contributed by atoms with E-state index in [2.05, 4.69) is 9.97 Å². The molecule has 20 heavy (non-hydrogen) atoms. The van der Waals surface area contributed by atoms with E-state index in [1.807, 2.05) is 48.5 Å².